The van der Waals surface area contributed by atoms with Crippen molar-refractivity contribution < 1.29 is 0 Å². The van der Waals surface area contributed by atoms with Crippen LogP contribution >= 0.6 is 11.8 Å². The van der Waals surface area contributed by atoms with Crippen LogP contribution < -0.4 is 16.4 Å². The number of hydrogen-bond acceptors (Lipinski definition) is 7. The molecular formula is C12H16N6O2S. The second kappa shape index (κ2) is 6.53. The second-order valence-electron chi connectivity index (χ2n) is 4.19. The summed E-state index contributed by atoms with van der Waals surface area (Å²) < 4.78 is 1.41. The van der Waals surface area contributed by atoms with Gasteiger partial charge in [-0.25, -0.2) is 9.97 Å². The molecule has 0 saturated carbocycles. The van der Waals surface area contributed by atoms with Gasteiger partial charge in [-0.15, -0.1) is 0 Å². The first kappa shape index (κ1) is 15.2. The number of aromatic amines is 1. The largest absolute Gasteiger partial charge is 0.370 e. The maximum Gasteiger partial charge on any atom is 0.339 e. The van der Waals surface area contributed by atoms with E-state index in [0.717, 1.165) is 24.3 Å². The van der Waals surface area contributed by atoms with Crippen molar-refractivity contribution in [2.45, 2.75) is 30.5 Å². The number of aromatic nitrogens is 5. The molecule has 2 rings (SSSR count). The van der Waals surface area contributed by atoms with Gasteiger partial charge in [-0.2, -0.15) is 4.98 Å². The summed E-state index contributed by atoms with van der Waals surface area (Å²) in [7, 11) is 1.62. The molecule has 0 aliphatic heterocycles. The Morgan fingerprint density at radius 2 is 2.10 bits per heavy atom. The minimum absolute atomic E-state index is 0.371. The van der Waals surface area contributed by atoms with Gasteiger partial charge in [0.05, 0.1) is 0 Å². The van der Waals surface area contributed by atoms with E-state index in [1.807, 2.05) is 13.8 Å². The van der Waals surface area contributed by atoms with Crippen LogP contribution in [0.2, 0.25) is 0 Å². The fraction of sp³-hybridized carbons (Fsp3) is 0.417. The minimum Gasteiger partial charge on any atom is -0.370 e. The van der Waals surface area contributed by atoms with Gasteiger partial charge in [0, 0.05) is 19.2 Å². The lowest BCUT2D eigenvalue weighted by atomic mass is 10.2. The van der Waals surface area contributed by atoms with Crippen LogP contribution in [0.15, 0.2) is 26.1 Å². The molecule has 0 aromatic carbocycles. The monoisotopic (exact) mass is 308 g/mol. The molecule has 0 bridgehead atoms. The van der Waals surface area contributed by atoms with Crippen LogP contribution in [0.25, 0.3) is 0 Å². The molecule has 0 aliphatic rings. The van der Waals surface area contributed by atoms with E-state index in [2.05, 4.69) is 25.4 Å². The maximum atomic E-state index is 11.4. The van der Waals surface area contributed by atoms with Gasteiger partial charge in [0.25, 0.3) is 0 Å². The van der Waals surface area contributed by atoms with E-state index >= 15 is 0 Å². The van der Waals surface area contributed by atoms with Crippen molar-refractivity contribution in [2.75, 3.05) is 11.9 Å². The highest BCUT2D eigenvalue weighted by atomic mass is 32.2. The summed E-state index contributed by atoms with van der Waals surface area (Å²) >= 11 is 1.22. The van der Waals surface area contributed by atoms with Crippen LogP contribution in [0.3, 0.4) is 0 Å². The molecule has 0 radical (unpaired) electrons. The lowest BCUT2D eigenvalue weighted by molar-refractivity contribution is 0.596. The molecule has 0 spiro atoms. The Morgan fingerprint density at radius 1 is 1.33 bits per heavy atom. The van der Waals surface area contributed by atoms with Gasteiger partial charge in [-0.05, 0) is 25.1 Å². The van der Waals surface area contributed by atoms with Crippen molar-refractivity contribution >= 4 is 17.6 Å². The lowest BCUT2D eigenvalue weighted by Crippen LogP contribution is -2.33. The molecule has 0 fully saturated rings. The van der Waals surface area contributed by atoms with Crippen LogP contribution in [-0.4, -0.2) is 31.3 Å². The van der Waals surface area contributed by atoms with Gasteiger partial charge in [-0.3, -0.25) is 19.4 Å². The molecular weight excluding hydrogens is 292 g/mol. The number of hydrogen-bond donors (Lipinski definition) is 2. The van der Waals surface area contributed by atoms with Gasteiger partial charge in [0.1, 0.15) is 17.2 Å². The average Bonchev–Trinajstić information content (AvgIpc) is 2.45. The molecule has 8 nitrogen and oxygen atoms in total. The SMILES string of the molecule is CCNc1ncnc(Sc2nc(=O)c(=O)[nH]n2C)c1CC. The van der Waals surface area contributed by atoms with E-state index in [0.29, 0.717) is 10.2 Å². The van der Waals surface area contributed by atoms with Gasteiger partial charge in [-0.1, -0.05) is 6.92 Å². The Balaban J connectivity index is 2.44. The zero-order valence-corrected chi connectivity index (χ0v) is 12.8. The highest BCUT2D eigenvalue weighted by molar-refractivity contribution is 7.99. The fourth-order valence-corrected chi connectivity index (χ4v) is 2.71. The predicted octanol–water partition coefficient (Wildman–Crippen LogP) is 0.404. The first-order valence-electron chi connectivity index (χ1n) is 6.49. The lowest BCUT2D eigenvalue weighted by Gasteiger charge is -2.12. The van der Waals surface area contributed by atoms with Crippen molar-refractivity contribution in [3.8, 4) is 0 Å². The van der Waals surface area contributed by atoms with Gasteiger partial charge in [0.2, 0.25) is 0 Å². The summed E-state index contributed by atoms with van der Waals surface area (Å²) in [5.74, 6) is 0.770. The third-order valence-corrected chi connectivity index (χ3v) is 3.83. The molecule has 0 aliphatic carbocycles. The van der Waals surface area contributed by atoms with E-state index in [1.54, 1.807) is 7.05 Å². The molecule has 112 valence electrons. The van der Waals surface area contributed by atoms with Crippen LogP contribution in [0.5, 0.6) is 0 Å². The van der Waals surface area contributed by atoms with Gasteiger partial charge in [0.15, 0.2) is 5.16 Å². The Morgan fingerprint density at radius 3 is 2.76 bits per heavy atom. The fourth-order valence-electron chi connectivity index (χ4n) is 1.76. The first-order chi connectivity index (χ1) is 10.1. The second-order valence-corrected chi connectivity index (χ2v) is 5.15. The Hall–Kier alpha value is -2.16. The van der Waals surface area contributed by atoms with Crippen molar-refractivity contribution in [2.24, 2.45) is 7.05 Å². The van der Waals surface area contributed by atoms with Crippen molar-refractivity contribution in [3.63, 3.8) is 0 Å². The number of nitrogens with one attached hydrogen (secondary N) is 2. The first-order valence-corrected chi connectivity index (χ1v) is 7.31. The smallest absolute Gasteiger partial charge is 0.339 e. The summed E-state index contributed by atoms with van der Waals surface area (Å²) in [6.45, 7) is 4.74. The van der Waals surface area contributed by atoms with Crippen LogP contribution in [0.4, 0.5) is 5.82 Å². The molecule has 0 atom stereocenters. The van der Waals surface area contributed by atoms with Crippen LogP contribution in [0, 0.1) is 0 Å². The maximum absolute atomic E-state index is 11.4. The third kappa shape index (κ3) is 3.30. The van der Waals surface area contributed by atoms with E-state index < -0.39 is 11.1 Å². The zero-order valence-electron chi connectivity index (χ0n) is 12.0. The average molecular weight is 308 g/mol. The Bertz CT molecular complexity index is 754. The van der Waals surface area contributed by atoms with E-state index in [-0.39, 0.29) is 0 Å². The number of anilines is 1. The number of H-pyrrole nitrogens is 1. The number of nitrogens with zero attached hydrogens (tertiary/aromatic N) is 4. The van der Waals surface area contributed by atoms with Gasteiger partial charge < -0.3 is 5.32 Å². The highest BCUT2D eigenvalue weighted by Crippen LogP contribution is 2.29. The summed E-state index contributed by atoms with van der Waals surface area (Å²) in [4.78, 5) is 34.8. The molecule has 2 aromatic rings. The molecule has 0 unspecified atom stereocenters. The highest BCUT2D eigenvalue weighted by Gasteiger charge is 2.13. The molecule has 2 heterocycles. The number of aryl methyl sites for hydroxylation is 1. The number of rotatable bonds is 5. The van der Waals surface area contributed by atoms with Gasteiger partial charge >= 0.3 is 11.1 Å². The summed E-state index contributed by atoms with van der Waals surface area (Å²) in [6.07, 6.45) is 2.20. The zero-order chi connectivity index (χ0) is 15.4. The van der Waals surface area contributed by atoms with E-state index in [1.165, 1.54) is 22.8 Å². The van der Waals surface area contributed by atoms with Crippen molar-refractivity contribution in [1.29, 1.82) is 0 Å². The molecule has 0 amide bonds. The normalized spacial score (nSPS) is 10.6. The standard InChI is InChI=1S/C12H16N6O2S/c1-4-7-8(13-5-2)14-6-15-11(7)21-12-16-9(19)10(20)17-18(12)3/h6H,4-5H2,1-3H3,(H,17,20)(H,13,14,15). The van der Waals surface area contributed by atoms with Crippen molar-refractivity contribution in [1.82, 2.24) is 24.7 Å². The predicted molar refractivity (Wildman–Crippen MR) is 79.8 cm³/mol. The molecule has 0 saturated heterocycles. The summed E-state index contributed by atoms with van der Waals surface area (Å²) in [6, 6.07) is 0. The summed E-state index contributed by atoms with van der Waals surface area (Å²) in [5, 5.41) is 6.67. The minimum atomic E-state index is -0.811. The van der Waals surface area contributed by atoms with Crippen molar-refractivity contribution in [3.05, 3.63) is 32.6 Å². The molecule has 2 aromatic heterocycles. The quantitative estimate of drug-likeness (QED) is 0.608. The van der Waals surface area contributed by atoms with E-state index in [9.17, 15) is 9.59 Å². The van der Waals surface area contributed by atoms with Crippen LogP contribution in [-0.2, 0) is 13.5 Å². The molecule has 9 heteroatoms. The topological polar surface area (TPSA) is 106 Å². The van der Waals surface area contributed by atoms with Crippen LogP contribution in [0.1, 0.15) is 19.4 Å². The Labute approximate surface area is 125 Å². The van der Waals surface area contributed by atoms with E-state index in [4.69, 9.17) is 0 Å². The molecule has 2 N–H and O–H groups in total. The summed E-state index contributed by atoms with van der Waals surface area (Å²) in [5.41, 5.74) is -0.604. The molecule has 21 heavy (non-hydrogen) atoms. The Kier molecular flexibility index (Phi) is 4.73. The third-order valence-electron chi connectivity index (χ3n) is 2.74.